The van der Waals surface area contributed by atoms with Crippen LogP contribution >= 0.6 is 38.9 Å². The number of rotatable bonds is 4. The maximum Gasteiger partial charge on any atom is 0.288 e. The number of hydrogen-bond donors (Lipinski definition) is 1. The Hall–Kier alpha value is -1.11. The fraction of sp³-hybridized carbons (Fsp3) is 0.0909. The molecule has 0 atom stereocenters. The molecular weight excluding hydrogens is 340 g/mol. The van der Waals surface area contributed by atoms with Crippen LogP contribution in [0, 0.1) is 10.1 Å². The SMILES string of the molecule is O=[N+]([O-])c1ccc(NCc2sccc2Br)cc1Cl. The molecule has 0 aliphatic rings. The highest BCUT2D eigenvalue weighted by molar-refractivity contribution is 9.10. The average molecular weight is 348 g/mol. The van der Waals surface area contributed by atoms with E-state index in [4.69, 9.17) is 11.6 Å². The summed E-state index contributed by atoms with van der Waals surface area (Å²) in [5, 5.41) is 15.9. The van der Waals surface area contributed by atoms with E-state index in [-0.39, 0.29) is 10.7 Å². The summed E-state index contributed by atoms with van der Waals surface area (Å²) in [7, 11) is 0. The summed E-state index contributed by atoms with van der Waals surface area (Å²) in [6.07, 6.45) is 0. The minimum atomic E-state index is -0.498. The summed E-state index contributed by atoms with van der Waals surface area (Å²) in [6.45, 7) is 0.645. The van der Waals surface area contributed by atoms with Gasteiger partial charge in [-0.25, -0.2) is 0 Å². The zero-order chi connectivity index (χ0) is 13.1. The molecule has 4 nitrogen and oxygen atoms in total. The molecule has 0 radical (unpaired) electrons. The second-order valence-corrected chi connectivity index (χ2v) is 5.73. The van der Waals surface area contributed by atoms with Crippen LogP contribution in [0.3, 0.4) is 0 Å². The second-order valence-electron chi connectivity index (χ2n) is 3.47. The third kappa shape index (κ3) is 3.01. The van der Waals surface area contributed by atoms with E-state index in [0.717, 1.165) is 15.0 Å². The molecule has 18 heavy (non-hydrogen) atoms. The van der Waals surface area contributed by atoms with Crippen molar-refractivity contribution in [1.29, 1.82) is 0 Å². The molecule has 2 aromatic rings. The lowest BCUT2D eigenvalue weighted by Gasteiger charge is -2.06. The molecule has 1 N–H and O–H groups in total. The Morgan fingerprint density at radius 1 is 1.44 bits per heavy atom. The normalized spacial score (nSPS) is 10.3. The number of hydrogen-bond acceptors (Lipinski definition) is 4. The fourth-order valence-electron chi connectivity index (χ4n) is 1.40. The summed E-state index contributed by atoms with van der Waals surface area (Å²) in [4.78, 5) is 11.3. The van der Waals surface area contributed by atoms with Gasteiger partial charge in [0.25, 0.3) is 5.69 Å². The Balaban J connectivity index is 2.09. The second kappa shape index (κ2) is 5.69. The molecule has 0 unspecified atom stereocenters. The molecule has 0 aliphatic carbocycles. The van der Waals surface area contributed by atoms with E-state index >= 15 is 0 Å². The van der Waals surface area contributed by atoms with E-state index in [0.29, 0.717) is 6.54 Å². The first-order valence-electron chi connectivity index (χ1n) is 4.97. The van der Waals surface area contributed by atoms with E-state index in [1.165, 1.54) is 6.07 Å². The lowest BCUT2D eigenvalue weighted by atomic mass is 10.3. The van der Waals surface area contributed by atoms with Crippen molar-refractivity contribution >= 4 is 50.2 Å². The molecule has 0 amide bonds. The van der Waals surface area contributed by atoms with Gasteiger partial charge in [0.15, 0.2) is 0 Å². The van der Waals surface area contributed by atoms with Crippen molar-refractivity contribution in [2.75, 3.05) is 5.32 Å². The molecular formula is C11H8BrClN2O2S. The van der Waals surface area contributed by atoms with E-state index < -0.39 is 4.92 Å². The fourth-order valence-corrected chi connectivity index (χ4v) is 3.08. The first-order valence-corrected chi connectivity index (χ1v) is 7.02. The molecule has 0 spiro atoms. The molecule has 0 aliphatic heterocycles. The lowest BCUT2D eigenvalue weighted by Crippen LogP contribution is -1.98. The van der Waals surface area contributed by atoms with E-state index in [2.05, 4.69) is 21.2 Å². The van der Waals surface area contributed by atoms with Gasteiger partial charge < -0.3 is 5.32 Å². The maximum absolute atomic E-state index is 10.6. The van der Waals surface area contributed by atoms with Gasteiger partial charge in [-0.05, 0) is 39.5 Å². The third-order valence-electron chi connectivity index (χ3n) is 2.29. The van der Waals surface area contributed by atoms with Crippen LogP contribution in [0.1, 0.15) is 4.88 Å². The molecule has 2 rings (SSSR count). The molecule has 0 saturated heterocycles. The Morgan fingerprint density at radius 3 is 2.78 bits per heavy atom. The maximum atomic E-state index is 10.6. The van der Waals surface area contributed by atoms with E-state index in [1.807, 2.05) is 11.4 Å². The van der Waals surface area contributed by atoms with Crippen molar-refractivity contribution in [2.45, 2.75) is 6.54 Å². The number of thiophene rings is 1. The zero-order valence-electron chi connectivity index (χ0n) is 9.02. The van der Waals surface area contributed by atoms with Crippen molar-refractivity contribution < 1.29 is 4.92 Å². The highest BCUT2D eigenvalue weighted by atomic mass is 79.9. The minimum absolute atomic E-state index is 0.0838. The van der Waals surface area contributed by atoms with Crippen LogP contribution < -0.4 is 5.32 Å². The van der Waals surface area contributed by atoms with Crippen molar-refractivity contribution in [3.8, 4) is 0 Å². The first kappa shape index (κ1) is 13.3. The van der Waals surface area contributed by atoms with Crippen LogP contribution in [0.15, 0.2) is 34.1 Å². The monoisotopic (exact) mass is 346 g/mol. The molecule has 1 aromatic carbocycles. The predicted molar refractivity (Wildman–Crippen MR) is 77.5 cm³/mol. The quantitative estimate of drug-likeness (QED) is 0.645. The van der Waals surface area contributed by atoms with Gasteiger partial charge in [-0.1, -0.05) is 11.6 Å². The molecule has 0 fully saturated rings. The summed E-state index contributed by atoms with van der Waals surface area (Å²) in [5.74, 6) is 0. The van der Waals surface area contributed by atoms with Crippen molar-refractivity contribution in [3.63, 3.8) is 0 Å². The number of nitro benzene ring substituents is 1. The average Bonchev–Trinajstić information content (AvgIpc) is 2.72. The highest BCUT2D eigenvalue weighted by Crippen LogP contribution is 2.28. The Labute approximate surface area is 121 Å². The summed E-state index contributed by atoms with van der Waals surface area (Å²) in [6, 6.07) is 6.57. The van der Waals surface area contributed by atoms with Crippen LogP contribution in [0.25, 0.3) is 0 Å². The van der Waals surface area contributed by atoms with Gasteiger partial charge >= 0.3 is 0 Å². The van der Waals surface area contributed by atoms with E-state index in [1.54, 1.807) is 23.5 Å². The molecule has 1 heterocycles. The molecule has 7 heteroatoms. The number of nitrogens with one attached hydrogen (secondary N) is 1. The summed E-state index contributed by atoms with van der Waals surface area (Å²) < 4.78 is 1.05. The van der Waals surface area contributed by atoms with Gasteiger partial charge in [0.05, 0.1) is 11.5 Å². The lowest BCUT2D eigenvalue weighted by molar-refractivity contribution is -0.384. The van der Waals surface area contributed by atoms with Gasteiger partial charge in [0, 0.05) is 21.1 Å². The van der Waals surface area contributed by atoms with Gasteiger partial charge in [0.2, 0.25) is 0 Å². The van der Waals surface area contributed by atoms with Gasteiger partial charge in [-0.15, -0.1) is 11.3 Å². The minimum Gasteiger partial charge on any atom is -0.380 e. The Kier molecular flexibility index (Phi) is 4.21. The number of halogens is 2. The number of nitrogens with zero attached hydrogens (tertiary/aromatic N) is 1. The smallest absolute Gasteiger partial charge is 0.288 e. The van der Waals surface area contributed by atoms with Gasteiger partial charge in [-0.2, -0.15) is 0 Å². The van der Waals surface area contributed by atoms with Crippen LogP contribution in [0.5, 0.6) is 0 Å². The van der Waals surface area contributed by atoms with Gasteiger partial charge in [0.1, 0.15) is 5.02 Å². The standard InChI is InChI=1S/C11H8BrClN2O2S/c12-8-3-4-18-11(8)6-14-7-1-2-10(15(16)17)9(13)5-7/h1-5,14H,6H2. The summed E-state index contributed by atoms with van der Waals surface area (Å²) >= 11 is 10.9. The molecule has 94 valence electrons. The first-order chi connectivity index (χ1) is 8.58. The summed E-state index contributed by atoms with van der Waals surface area (Å²) in [5.41, 5.74) is 0.672. The Bertz CT molecular complexity index is 588. The topological polar surface area (TPSA) is 55.2 Å². The molecule has 0 saturated carbocycles. The van der Waals surface area contributed by atoms with Crippen molar-refractivity contribution in [1.82, 2.24) is 0 Å². The molecule has 1 aromatic heterocycles. The molecule has 0 bridgehead atoms. The zero-order valence-corrected chi connectivity index (χ0v) is 12.2. The third-order valence-corrected chi connectivity index (χ3v) is 4.52. The Morgan fingerprint density at radius 2 is 2.22 bits per heavy atom. The van der Waals surface area contributed by atoms with Crippen LogP contribution in [0.4, 0.5) is 11.4 Å². The number of benzene rings is 1. The van der Waals surface area contributed by atoms with Gasteiger partial charge in [-0.3, -0.25) is 10.1 Å². The van der Waals surface area contributed by atoms with E-state index in [9.17, 15) is 10.1 Å². The van der Waals surface area contributed by atoms with Crippen LogP contribution in [0.2, 0.25) is 5.02 Å². The van der Waals surface area contributed by atoms with Crippen LogP contribution in [-0.4, -0.2) is 4.92 Å². The number of nitro groups is 1. The number of anilines is 1. The highest BCUT2D eigenvalue weighted by Gasteiger charge is 2.12. The van der Waals surface area contributed by atoms with Crippen LogP contribution in [-0.2, 0) is 6.54 Å². The largest absolute Gasteiger partial charge is 0.380 e. The van der Waals surface area contributed by atoms with Crippen molar-refractivity contribution in [3.05, 3.63) is 54.1 Å². The predicted octanol–water partition coefficient (Wildman–Crippen LogP) is 4.68. The van der Waals surface area contributed by atoms with Crippen molar-refractivity contribution in [2.24, 2.45) is 0 Å².